The van der Waals surface area contributed by atoms with Crippen molar-refractivity contribution in [1.82, 2.24) is 25.8 Å². The molecule has 0 saturated heterocycles. The van der Waals surface area contributed by atoms with Gasteiger partial charge in [0.1, 0.15) is 29.9 Å². The van der Waals surface area contributed by atoms with Crippen molar-refractivity contribution in [3.63, 3.8) is 0 Å². The molecule has 280 valence electrons. The van der Waals surface area contributed by atoms with E-state index >= 15 is 0 Å². The first-order valence-corrected chi connectivity index (χ1v) is 17.7. The molecule has 52 heavy (non-hydrogen) atoms. The van der Waals surface area contributed by atoms with Gasteiger partial charge in [-0.1, -0.05) is 82.1 Å². The Morgan fingerprint density at radius 2 is 1.37 bits per heavy atom. The van der Waals surface area contributed by atoms with Crippen molar-refractivity contribution < 1.29 is 34.2 Å². The molecule has 3 rings (SSSR count). The van der Waals surface area contributed by atoms with Crippen molar-refractivity contribution in [2.75, 3.05) is 7.05 Å². The molecule has 0 spiro atoms. The molecule has 7 N–H and O–H groups in total. The van der Waals surface area contributed by atoms with Crippen molar-refractivity contribution in [2.24, 2.45) is 11.7 Å². The lowest BCUT2D eigenvalue weighted by Gasteiger charge is -2.33. The minimum Gasteiger partial charge on any atom is -0.508 e. The third-order valence-corrected chi connectivity index (χ3v) is 8.69. The van der Waals surface area contributed by atoms with Crippen LogP contribution in [0.1, 0.15) is 63.1 Å². The number of carbonyl (C=O) groups is 5. The van der Waals surface area contributed by atoms with Crippen molar-refractivity contribution in [2.45, 2.75) is 95.9 Å². The number of carbonyl (C=O) groups excluding carboxylic acids is 4. The Balaban J connectivity index is 1.82. The molecule has 1 heterocycles. The molecule has 0 radical (unpaired) electrons. The van der Waals surface area contributed by atoms with Crippen LogP contribution in [0.5, 0.6) is 5.75 Å². The number of carboxylic acids is 1. The van der Waals surface area contributed by atoms with E-state index in [-0.39, 0.29) is 43.8 Å². The fourth-order valence-corrected chi connectivity index (χ4v) is 5.77. The maximum absolute atomic E-state index is 14.2. The highest BCUT2D eigenvalue weighted by Crippen LogP contribution is 2.16. The van der Waals surface area contributed by atoms with Crippen LogP contribution in [0.25, 0.3) is 0 Å². The average molecular weight is 717 g/mol. The lowest BCUT2D eigenvalue weighted by atomic mass is 9.98. The predicted molar refractivity (Wildman–Crippen MR) is 197 cm³/mol. The Hall–Kier alpha value is -5.30. The van der Waals surface area contributed by atoms with Crippen LogP contribution in [-0.4, -0.2) is 87.0 Å². The molecule has 0 saturated carbocycles. The van der Waals surface area contributed by atoms with Crippen molar-refractivity contribution in [1.29, 1.82) is 0 Å². The van der Waals surface area contributed by atoms with E-state index in [1.165, 1.54) is 30.3 Å². The quantitative estimate of drug-likeness (QED) is 0.102. The number of pyridine rings is 1. The lowest BCUT2D eigenvalue weighted by Crippen LogP contribution is -2.59. The molecule has 13 heteroatoms. The molecule has 1 aromatic heterocycles. The number of benzene rings is 2. The number of aliphatic carboxylic acids is 1. The van der Waals surface area contributed by atoms with Gasteiger partial charge in [0.15, 0.2) is 0 Å². The number of nitrogens with one attached hydrogen (secondary N) is 3. The van der Waals surface area contributed by atoms with Gasteiger partial charge in [-0.2, -0.15) is 0 Å². The van der Waals surface area contributed by atoms with E-state index in [9.17, 15) is 34.2 Å². The lowest BCUT2D eigenvalue weighted by molar-refractivity contribution is -0.144. The number of phenolic OH excluding ortho intramolecular Hbond substituents is 1. The molecule has 13 nitrogen and oxygen atoms in total. The smallest absolute Gasteiger partial charge is 0.326 e. The Kier molecular flexibility index (Phi) is 16.2. The molecule has 0 aliphatic heterocycles. The first-order chi connectivity index (χ1) is 24.8. The number of likely N-dealkylation sites (N-methyl/N-ethyl adjacent to an activating group) is 1. The Morgan fingerprint density at radius 1 is 0.769 bits per heavy atom. The van der Waals surface area contributed by atoms with Crippen LogP contribution >= 0.6 is 0 Å². The van der Waals surface area contributed by atoms with Crippen LogP contribution in [0.15, 0.2) is 79.1 Å². The van der Waals surface area contributed by atoms with Gasteiger partial charge in [0.05, 0.1) is 6.04 Å². The molecule has 0 aliphatic rings. The van der Waals surface area contributed by atoms with Gasteiger partial charge in [0.2, 0.25) is 23.6 Å². The number of aromatic hydroxyl groups is 1. The average Bonchev–Trinajstić information content (AvgIpc) is 3.12. The molecular weight excluding hydrogens is 664 g/mol. The van der Waals surface area contributed by atoms with Gasteiger partial charge < -0.3 is 36.8 Å². The van der Waals surface area contributed by atoms with E-state index in [0.29, 0.717) is 12.0 Å². The minimum atomic E-state index is -1.25. The molecular formula is C39H52N6O7. The summed E-state index contributed by atoms with van der Waals surface area (Å²) in [7, 11) is 1.49. The highest BCUT2D eigenvalue weighted by atomic mass is 16.4. The van der Waals surface area contributed by atoms with Crippen molar-refractivity contribution in [3.05, 3.63) is 95.8 Å². The standard InChI is InChI=1S/C39H52N6O7/c1-5-6-14-31(36(48)44-33(39(51)52)23-28-13-10-19-41-24-28)42-37(49)34(20-25(2)3)45(4)38(50)32(22-26-11-8-7-9-12-26)43-35(47)30(40)21-27-15-17-29(46)18-16-27/h7-13,15-19,24-25,30-34,46H,5-6,14,20-23,40H2,1-4H3,(H,42,49)(H,43,47)(H,44,48)(H,51,52)/t30-,31-,32-,33-,34-/m0/s1. The number of unbranched alkanes of at least 4 members (excludes halogenated alkanes) is 1. The van der Waals surface area contributed by atoms with E-state index in [0.717, 1.165) is 17.5 Å². The zero-order valence-corrected chi connectivity index (χ0v) is 30.3. The summed E-state index contributed by atoms with van der Waals surface area (Å²) in [6.45, 7) is 5.74. The summed E-state index contributed by atoms with van der Waals surface area (Å²) in [6, 6.07) is 13.5. The van der Waals surface area contributed by atoms with Crippen LogP contribution < -0.4 is 21.7 Å². The second-order valence-electron chi connectivity index (χ2n) is 13.5. The number of rotatable bonds is 20. The molecule has 0 bridgehead atoms. The zero-order valence-electron chi connectivity index (χ0n) is 30.3. The number of phenols is 1. The fraction of sp³-hybridized carbons (Fsp3) is 0.436. The summed E-state index contributed by atoms with van der Waals surface area (Å²) in [4.78, 5) is 72.5. The number of hydrogen-bond donors (Lipinski definition) is 6. The molecule has 2 aromatic carbocycles. The summed E-state index contributed by atoms with van der Waals surface area (Å²) < 4.78 is 0. The monoisotopic (exact) mass is 716 g/mol. The summed E-state index contributed by atoms with van der Waals surface area (Å²) in [5, 5.41) is 27.7. The number of nitrogens with two attached hydrogens (primary N) is 1. The number of amides is 4. The highest BCUT2D eigenvalue weighted by Gasteiger charge is 2.35. The molecule has 0 aliphatic carbocycles. The number of aromatic nitrogens is 1. The van der Waals surface area contributed by atoms with Crippen LogP contribution in [0, 0.1) is 5.92 Å². The van der Waals surface area contributed by atoms with E-state index in [1.807, 2.05) is 51.1 Å². The molecule has 3 aromatic rings. The second kappa shape index (κ2) is 20.5. The highest BCUT2D eigenvalue weighted by molar-refractivity contribution is 5.95. The van der Waals surface area contributed by atoms with E-state index in [4.69, 9.17) is 5.73 Å². The Bertz CT molecular complexity index is 1600. The number of nitrogens with zero attached hydrogens (tertiary/aromatic N) is 2. The minimum absolute atomic E-state index is 0.00366. The normalized spacial score (nSPS) is 14.0. The van der Waals surface area contributed by atoms with E-state index in [2.05, 4.69) is 20.9 Å². The van der Waals surface area contributed by atoms with Crippen LogP contribution in [-0.2, 0) is 43.2 Å². The van der Waals surface area contributed by atoms with Gasteiger partial charge in [0.25, 0.3) is 0 Å². The first kappa shape index (κ1) is 41.1. The summed E-state index contributed by atoms with van der Waals surface area (Å²) >= 11 is 0. The molecule has 5 atom stereocenters. The van der Waals surface area contributed by atoms with Gasteiger partial charge in [-0.05, 0) is 60.1 Å². The van der Waals surface area contributed by atoms with Crippen molar-refractivity contribution in [3.8, 4) is 5.75 Å². The number of carboxylic acid groups (broad SMARTS) is 1. The van der Waals surface area contributed by atoms with Gasteiger partial charge >= 0.3 is 5.97 Å². The van der Waals surface area contributed by atoms with Gasteiger partial charge in [0, 0.05) is 32.3 Å². The third-order valence-electron chi connectivity index (χ3n) is 8.69. The molecule has 4 amide bonds. The van der Waals surface area contributed by atoms with Crippen LogP contribution in [0.4, 0.5) is 0 Å². The SMILES string of the molecule is CCCC[C@H](NC(=O)[C@H](CC(C)C)N(C)C(=O)[C@H](Cc1ccccc1)NC(=O)[C@@H](N)Cc1ccc(O)cc1)C(=O)N[C@@H](Cc1cccnc1)C(=O)O. The maximum Gasteiger partial charge on any atom is 0.326 e. The first-order valence-electron chi connectivity index (χ1n) is 17.7. The van der Waals surface area contributed by atoms with Crippen LogP contribution in [0.3, 0.4) is 0 Å². The van der Waals surface area contributed by atoms with Crippen molar-refractivity contribution >= 4 is 29.6 Å². The third kappa shape index (κ3) is 13.1. The zero-order chi connectivity index (χ0) is 38.2. The largest absolute Gasteiger partial charge is 0.508 e. The summed E-state index contributed by atoms with van der Waals surface area (Å²) in [6.07, 6.45) is 5.20. The number of hydrogen-bond acceptors (Lipinski definition) is 8. The Labute approximate surface area is 305 Å². The second-order valence-corrected chi connectivity index (χ2v) is 13.5. The fourth-order valence-electron chi connectivity index (χ4n) is 5.77. The van der Waals surface area contributed by atoms with E-state index < -0.39 is 59.8 Å². The topological polar surface area (TPSA) is 204 Å². The van der Waals surface area contributed by atoms with E-state index in [1.54, 1.807) is 30.5 Å². The van der Waals surface area contributed by atoms with Gasteiger partial charge in [-0.25, -0.2) is 4.79 Å². The van der Waals surface area contributed by atoms with Gasteiger partial charge in [-0.3, -0.25) is 24.2 Å². The molecule has 0 unspecified atom stereocenters. The van der Waals surface area contributed by atoms with Crippen LogP contribution in [0.2, 0.25) is 0 Å². The molecule has 0 fully saturated rings. The summed E-state index contributed by atoms with van der Waals surface area (Å²) in [5.41, 5.74) is 8.39. The maximum atomic E-state index is 14.2. The van der Waals surface area contributed by atoms with Gasteiger partial charge in [-0.15, -0.1) is 0 Å². The summed E-state index contributed by atoms with van der Waals surface area (Å²) in [5.74, 6) is -3.48. The Morgan fingerprint density at radius 3 is 1.96 bits per heavy atom. The predicted octanol–water partition coefficient (Wildman–Crippen LogP) is 2.74.